The molecule has 4 atom stereocenters. The maximum atomic E-state index is 12.6. The summed E-state index contributed by atoms with van der Waals surface area (Å²) >= 11 is 0. The molecule has 0 aromatic carbocycles. The fraction of sp³-hybridized carbons (Fsp3) is 0.738. The number of hydrogen-bond acceptors (Lipinski definition) is 10. The lowest BCUT2D eigenvalue weighted by atomic mass is 10.0. The number of aliphatic hydroxyl groups is 1. The van der Waals surface area contributed by atoms with Crippen molar-refractivity contribution >= 4 is 25.7 Å². The maximum Gasteiger partial charge on any atom is 0.472 e. The number of carboxylic acids is 1. The number of nitrogens with two attached hydrogens (primary N) is 1. The maximum absolute atomic E-state index is 12.6. The largest absolute Gasteiger partial charge is 0.480 e. The number of carboxylic acid groups (broad SMARTS) is 1. The van der Waals surface area contributed by atoms with Crippen molar-refractivity contribution in [3.05, 3.63) is 48.6 Å². The summed E-state index contributed by atoms with van der Waals surface area (Å²) in [5.41, 5.74) is 5.32. The Hall–Kier alpha value is -2.60. The Balaban J connectivity index is 4.52. The van der Waals surface area contributed by atoms with Gasteiger partial charge in [0.15, 0.2) is 6.10 Å². The van der Waals surface area contributed by atoms with Crippen molar-refractivity contribution in [2.24, 2.45) is 5.73 Å². The molecule has 0 saturated carbocycles. The number of esters is 2. The molecule has 318 valence electrons. The SMILES string of the molecule is CCCCCCCCCCCCCCCC(=O)O[C@H](COC(=O)CCC/C=C\C/C=C\C/C=C\C=C\[C@H](O)CCCCC)COP(=O)(O)OC[C@H](N)C(=O)O. The van der Waals surface area contributed by atoms with Crippen LogP contribution in [-0.2, 0) is 37.5 Å². The van der Waals surface area contributed by atoms with E-state index in [1.165, 1.54) is 57.8 Å². The van der Waals surface area contributed by atoms with Crippen LogP contribution in [0.2, 0.25) is 0 Å². The molecule has 0 bridgehead atoms. The van der Waals surface area contributed by atoms with Crippen LogP contribution in [0.5, 0.6) is 0 Å². The lowest BCUT2D eigenvalue weighted by Gasteiger charge is -2.20. The summed E-state index contributed by atoms with van der Waals surface area (Å²) in [5, 5.41) is 18.8. The van der Waals surface area contributed by atoms with Crippen molar-refractivity contribution < 1.29 is 52.6 Å². The Labute approximate surface area is 331 Å². The molecule has 5 N–H and O–H groups in total. The Bertz CT molecular complexity index is 1140. The van der Waals surface area contributed by atoms with Crippen LogP contribution in [0.1, 0.15) is 162 Å². The summed E-state index contributed by atoms with van der Waals surface area (Å²) in [7, 11) is -4.73. The molecule has 0 aliphatic heterocycles. The van der Waals surface area contributed by atoms with E-state index in [2.05, 4.69) is 30.5 Å². The van der Waals surface area contributed by atoms with E-state index in [0.717, 1.165) is 57.8 Å². The minimum absolute atomic E-state index is 0.126. The van der Waals surface area contributed by atoms with Gasteiger partial charge in [0.05, 0.1) is 19.3 Å². The van der Waals surface area contributed by atoms with Crippen molar-refractivity contribution in [1.29, 1.82) is 0 Å². The van der Waals surface area contributed by atoms with Crippen LogP contribution in [0.3, 0.4) is 0 Å². The highest BCUT2D eigenvalue weighted by molar-refractivity contribution is 7.47. The predicted octanol–water partition coefficient (Wildman–Crippen LogP) is 9.58. The molecule has 0 aliphatic rings. The number of carbonyl (C=O) groups excluding carboxylic acids is 2. The number of aliphatic carboxylic acids is 1. The van der Waals surface area contributed by atoms with Gasteiger partial charge in [-0.2, -0.15) is 0 Å². The van der Waals surface area contributed by atoms with Gasteiger partial charge in [-0.25, -0.2) is 4.57 Å². The zero-order chi connectivity index (χ0) is 40.8. The van der Waals surface area contributed by atoms with Gasteiger partial charge in [0.25, 0.3) is 0 Å². The summed E-state index contributed by atoms with van der Waals surface area (Å²) < 4.78 is 32.5. The number of allylic oxidation sites excluding steroid dienone is 7. The van der Waals surface area contributed by atoms with Gasteiger partial charge in [-0.05, 0) is 38.5 Å². The third-order valence-electron chi connectivity index (χ3n) is 8.68. The van der Waals surface area contributed by atoms with E-state index in [-0.39, 0.29) is 19.4 Å². The number of ether oxygens (including phenoxy) is 2. The Morgan fingerprint density at radius 1 is 0.655 bits per heavy atom. The molecule has 0 aromatic heterocycles. The summed E-state index contributed by atoms with van der Waals surface area (Å²) in [5.74, 6) is -2.48. The molecule has 0 fully saturated rings. The van der Waals surface area contributed by atoms with E-state index in [9.17, 15) is 28.9 Å². The molecule has 0 saturated heterocycles. The third kappa shape index (κ3) is 36.8. The quantitative estimate of drug-likeness (QED) is 0.0152. The van der Waals surface area contributed by atoms with E-state index >= 15 is 0 Å². The molecule has 1 unspecified atom stereocenters. The zero-order valence-corrected chi connectivity index (χ0v) is 34.8. The van der Waals surface area contributed by atoms with Crippen molar-refractivity contribution in [2.75, 3.05) is 19.8 Å². The number of aliphatic hydroxyl groups excluding tert-OH is 1. The van der Waals surface area contributed by atoms with Crippen LogP contribution >= 0.6 is 7.82 Å². The summed E-state index contributed by atoms with van der Waals surface area (Å²) in [6, 6.07) is -1.54. The molecule has 0 heterocycles. The molecule has 0 amide bonds. The highest BCUT2D eigenvalue weighted by atomic mass is 31.2. The first-order valence-electron chi connectivity index (χ1n) is 20.8. The van der Waals surface area contributed by atoms with Crippen LogP contribution in [0.25, 0.3) is 0 Å². The first-order chi connectivity index (χ1) is 26.5. The molecule has 0 aliphatic carbocycles. The summed E-state index contributed by atoms with van der Waals surface area (Å²) in [6.45, 7) is 2.60. The van der Waals surface area contributed by atoms with Crippen LogP contribution in [0, 0.1) is 0 Å². The number of unbranched alkanes of at least 4 members (excludes halogenated alkanes) is 15. The Morgan fingerprint density at radius 2 is 1.18 bits per heavy atom. The van der Waals surface area contributed by atoms with Crippen LogP contribution in [0.4, 0.5) is 0 Å². The second-order valence-electron chi connectivity index (χ2n) is 14.0. The van der Waals surface area contributed by atoms with Crippen molar-refractivity contribution in [3.8, 4) is 0 Å². The van der Waals surface area contributed by atoms with Crippen molar-refractivity contribution in [3.63, 3.8) is 0 Å². The molecule has 0 radical (unpaired) electrons. The number of hydrogen-bond donors (Lipinski definition) is 4. The normalized spacial score (nSPS) is 14.9. The Kier molecular flexibility index (Phi) is 35.3. The zero-order valence-electron chi connectivity index (χ0n) is 33.9. The molecular weight excluding hydrogens is 725 g/mol. The highest BCUT2D eigenvalue weighted by Crippen LogP contribution is 2.43. The Morgan fingerprint density at radius 3 is 1.80 bits per heavy atom. The predicted molar refractivity (Wildman–Crippen MR) is 218 cm³/mol. The lowest BCUT2D eigenvalue weighted by molar-refractivity contribution is -0.161. The summed E-state index contributed by atoms with van der Waals surface area (Å²) in [6.07, 6.45) is 36.5. The highest BCUT2D eigenvalue weighted by Gasteiger charge is 2.28. The van der Waals surface area contributed by atoms with Gasteiger partial charge in [0.1, 0.15) is 12.6 Å². The van der Waals surface area contributed by atoms with Gasteiger partial charge in [-0.3, -0.25) is 23.4 Å². The van der Waals surface area contributed by atoms with E-state index in [0.29, 0.717) is 19.3 Å². The fourth-order valence-corrected chi connectivity index (χ4v) is 6.12. The van der Waals surface area contributed by atoms with Gasteiger partial charge in [0.2, 0.25) is 0 Å². The third-order valence-corrected chi connectivity index (χ3v) is 9.63. The standard InChI is InChI=1S/C42H74NO11P/c1-3-5-7-8-9-10-11-12-15-19-22-25-29-33-41(46)54-38(35-52-55(49,50)53-36-39(43)42(47)48)34-51-40(45)32-28-24-21-18-16-13-14-17-20-23-27-31-37(44)30-26-6-4-2/h13-14,18,20-21,23,27,31,37-39,44H,3-12,15-17,19,22,24-26,28-30,32-36,43H2,1-2H3,(H,47,48)(H,49,50)/b14-13-,21-18-,23-20-,31-27+/t37-,38-,39+/m1/s1. The van der Waals surface area contributed by atoms with E-state index in [1.807, 2.05) is 36.5 Å². The molecule has 0 spiro atoms. The molecular formula is C42H74NO11P. The molecule has 0 aromatic rings. The average molecular weight is 800 g/mol. The van der Waals surface area contributed by atoms with Crippen LogP contribution < -0.4 is 5.73 Å². The topological polar surface area (TPSA) is 192 Å². The number of rotatable bonds is 38. The smallest absolute Gasteiger partial charge is 0.472 e. The molecule has 55 heavy (non-hydrogen) atoms. The number of carbonyl (C=O) groups is 3. The molecule has 0 rings (SSSR count). The fourth-order valence-electron chi connectivity index (χ4n) is 5.34. The van der Waals surface area contributed by atoms with E-state index in [1.54, 1.807) is 0 Å². The average Bonchev–Trinajstić information content (AvgIpc) is 3.15. The molecule has 12 nitrogen and oxygen atoms in total. The number of phosphoric acid groups is 1. The van der Waals surface area contributed by atoms with E-state index < -0.39 is 57.2 Å². The number of phosphoric ester groups is 1. The van der Waals surface area contributed by atoms with Crippen LogP contribution in [0.15, 0.2) is 48.6 Å². The minimum atomic E-state index is -4.73. The van der Waals surface area contributed by atoms with Crippen molar-refractivity contribution in [1.82, 2.24) is 0 Å². The first-order valence-corrected chi connectivity index (χ1v) is 22.3. The second kappa shape index (κ2) is 37.0. The monoisotopic (exact) mass is 799 g/mol. The second-order valence-corrected chi connectivity index (χ2v) is 15.4. The van der Waals surface area contributed by atoms with Gasteiger partial charge >= 0.3 is 25.7 Å². The van der Waals surface area contributed by atoms with Crippen LogP contribution in [-0.4, -0.2) is 71.1 Å². The van der Waals surface area contributed by atoms with E-state index in [4.69, 9.17) is 24.8 Å². The van der Waals surface area contributed by atoms with Gasteiger partial charge < -0.3 is 30.3 Å². The van der Waals surface area contributed by atoms with Gasteiger partial charge in [0, 0.05) is 12.8 Å². The van der Waals surface area contributed by atoms with Gasteiger partial charge in [-0.1, -0.05) is 159 Å². The van der Waals surface area contributed by atoms with Crippen molar-refractivity contribution in [2.45, 2.75) is 180 Å². The first kappa shape index (κ1) is 52.4. The summed E-state index contributed by atoms with van der Waals surface area (Å²) in [4.78, 5) is 45.8. The molecule has 13 heteroatoms. The van der Waals surface area contributed by atoms with Gasteiger partial charge in [-0.15, -0.1) is 0 Å². The minimum Gasteiger partial charge on any atom is -0.480 e. The lowest BCUT2D eigenvalue weighted by Crippen LogP contribution is -2.34.